The monoisotopic (exact) mass is 381 g/mol. The lowest BCUT2D eigenvalue weighted by molar-refractivity contribution is 0.261. The first kappa shape index (κ1) is 18.6. The summed E-state index contributed by atoms with van der Waals surface area (Å²) >= 11 is -2.31. The van der Waals surface area contributed by atoms with Crippen LogP contribution in [0.4, 0.5) is 43.8 Å². The van der Waals surface area contributed by atoms with E-state index in [0.717, 1.165) is 0 Å². The Balaban J connectivity index is 2.14. The summed E-state index contributed by atoms with van der Waals surface area (Å²) in [6.45, 7) is 0. The van der Waals surface area contributed by atoms with E-state index in [1.807, 2.05) is 0 Å². The van der Waals surface area contributed by atoms with Crippen molar-refractivity contribution in [3.63, 3.8) is 0 Å². The number of carbonyl (C=O) groups excluding carboxylic acids is 1. The average Bonchev–Trinajstić information content (AvgIpc) is 2.56. The van der Waals surface area contributed by atoms with Crippen LogP contribution in [0.25, 0.3) is 0 Å². The fraction of sp³-hybridized carbons (Fsp3) is 0. The normalized spacial score (nSPS) is 11.8. The second-order valence-electron chi connectivity index (χ2n) is 4.45. The highest BCUT2D eigenvalue weighted by molar-refractivity contribution is 7.80. The van der Waals surface area contributed by atoms with E-state index in [1.54, 1.807) is 0 Å². The van der Waals surface area contributed by atoms with Gasteiger partial charge >= 0.3 is 6.03 Å². The quantitative estimate of drug-likeness (QED) is 0.282. The number of benzene rings is 2. The molecular formula is C13H8F5N3O3S. The molecule has 0 saturated heterocycles. The highest BCUT2D eigenvalue weighted by Crippen LogP contribution is 2.27. The molecule has 2 amide bonds. The number of anilines is 3. The molecule has 2 aromatic carbocycles. The van der Waals surface area contributed by atoms with Crippen LogP contribution >= 0.6 is 0 Å². The molecule has 0 bridgehead atoms. The average molecular weight is 381 g/mol. The zero-order valence-corrected chi connectivity index (χ0v) is 12.7. The van der Waals surface area contributed by atoms with Crippen molar-refractivity contribution in [2.45, 2.75) is 0 Å². The summed E-state index contributed by atoms with van der Waals surface area (Å²) in [4.78, 5) is 11.7. The predicted molar refractivity (Wildman–Crippen MR) is 79.7 cm³/mol. The van der Waals surface area contributed by atoms with Gasteiger partial charge in [0.25, 0.3) is 11.3 Å². The molecule has 134 valence electrons. The number of hydrogen-bond acceptors (Lipinski definition) is 2. The maximum absolute atomic E-state index is 13.5. The van der Waals surface area contributed by atoms with Crippen molar-refractivity contribution >= 4 is 34.4 Å². The molecule has 1 atom stereocenters. The Hall–Kier alpha value is -2.73. The molecule has 0 aliphatic carbocycles. The van der Waals surface area contributed by atoms with Gasteiger partial charge in [-0.05, 0) is 24.3 Å². The molecule has 2 rings (SSSR count). The van der Waals surface area contributed by atoms with Gasteiger partial charge in [0.1, 0.15) is 5.69 Å². The largest absolute Gasteiger partial charge is 0.323 e. The molecule has 0 saturated carbocycles. The van der Waals surface area contributed by atoms with E-state index in [4.69, 9.17) is 4.55 Å². The molecule has 0 aliphatic rings. The fourth-order valence-electron chi connectivity index (χ4n) is 1.71. The molecule has 0 fully saturated rings. The molecule has 2 aromatic rings. The van der Waals surface area contributed by atoms with Crippen molar-refractivity contribution in [2.75, 3.05) is 15.4 Å². The summed E-state index contributed by atoms with van der Waals surface area (Å²) in [6, 6.07) is 3.83. The summed E-state index contributed by atoms with van der Waals surface area (Å²) in [5, 5.41) is 3.62. The fourth-order valence-corrected chi connectivity index (χ4v) is 2.05. The van der Waals surface area contributed by atoms with Gasteiger partial charge in [0, 0.05) is 11.4 Å². The maximum Gasteiger partial charge on any atom is 0.323 e. The minimum absolute atomic E-state index is 0.0793. The second kappa shape index (κ2) is 7.44. The van der Waals surface area contributed by atoms with E-state index in [0.29, 0.717) is 0 Å². The zero-order chi connectivity index (χ0) is 18.7. The van der Waals surface area contributed by atoms with Crippen LogP contribution in [0.2, 0.25) is 0 Å². The van der Waals surface area contributed by atoms with E-state index in [1.165, 1.54) is 29.6 Å². The SMILES string of the molecule is O=C(Nc1ccc(NS(=O)O)cc1)Nc1c(F)c(F)c(F)c(F)c1F. The van der Waals surface area contributed by atoms with E-state index in [9.17, 15) is 31.0 Å². The summed E-state index contributed by atoms with van der Waals surface area (Å²) < 4.78 is 87.2. The first-order chi connectivity index (χ1) is 11.7. The van der Waals surface area contributed by atoms with Crippen molar-refractivity contribution in [1.82, 2.24) is 0 Å². The van der Waals surface area contributed by atoms with Gasteiger partial charge in [-0.25, -0.2) is 31.0 Å². The number of hydrogen-bond donors (Lipinski definition) is 4. The van der Waals surface area contributed by atoms with E-state index >= 15 is 0 Å². The molecule has 0 aromatic heterocycles. The number of nitrogens with one attached hydrogen (secondary N) is 3. The number of urea groups is 1. The molecule has 0 spiro atoms. The Morgan fingerprint density at radius 2 is 1.24 bits per heavy atom. The Morgan fingerprint density at radius 3 is 1.72 bits per heavy atom. The molecule has 0 heterocycles. The van der Waals surface area contributed by atoms with Crippen LogP contribution in [-0.4, -0.2) is 14.8 Å². The lowest BCUT2D eigenvalue weighted by Crippen LogP contribution is -2.22. The lowest BCUT2D eigenvalue weighted by atomic mass is 10.2. The van der Waals surface area contributed by atoms with Gasteiger partial charge in [-0.3, -0.25) is 9.27 Å². The van der Waals surface area contributed by atoms with Crippen LogP contribution in [0.3, 0.4) is 0 Å². The Bertz CT molecular complexity index is 819. The highest BCUT2D eigenvalue weighted by atomic mass is 32.2. The van der Waals surface area contributed by atoms with E-state index < -0.39 is 52.1 Å². The van der Waals surface area contributed by atoms with Crippen LogP contribution < -0.4 is 15.4 Å². The van der Waals surface area contributed by atoms with E-state index in [-0.39, 0.29) is 11.4 Å². The molecule has 4 N–H and O–H groups in total. The predicted octanol–water partition coefficient (Wildman–Crippen LogP) is 3.57. The van der Waals surface area contributed by atoms with Crippen molar-refractivity contribution in [3.05, 3.63) is 53.4 Å². The van der Waals surface area contributed by atoms with Gasteiger partial charge in [-0.2, -0.15) is 0 Å². The number of rotatable bonds is 4. The number of amides is 2. The Kier molecular flexibility index (Phi) is 5.54. The summed E-state index contributed by atoms with van der Waals surface area (Å²) in [7, 11) is 0. The number of carbonyl (C=O) groups is 1. The summed E-state index contributed by atoms with van der Waals surface area (Å²) in [5.41, 5.74) is -1.19. The standard InChI is InChI=1S/C13H8F5N3O3S/c14-7-8(15)10(17)12(11(18)9(7)16)20-13(22)19-5-1-3-6(4-2-5)21-25(23)24/h1-4,21H,(H,23,24)(H2,19,20,22). The third-order valence-corrected chi connectivity index (χ3v) is 3.21. The molecular weight excluding hydrogens is 373 g/mol. The first-order valence-corrected chi connectivity index (χ1v) is 7.38. The second-order valence-corrected chi connectivity index (χ2v) is 5.16. The third kappa shape index (κ3) is 4.22. The van der Waals surface area contributed by atoms with Gasteiger partial charge in [0.15, 0.2) is 23.3 Å². The van der Waals surface area contributed by atoms with Crippen LogP contribution in [0.1, 0.15) is 0 Å². The molecule has 0 radical (unpaired) electrons. The summed E-state index contributed by atoms with van der Waals surface area (Å²) in [6.07, 6.45) is 0. The van der Waals surface area contributed by atoms with Crippen molar-refractivity contribution in [3.8, 4) is 0 Å². The van der Waals surface area contributed by atoms with Gasteiger partial charge < -0.3 is 10.6 Å². The van der Waals surface area contributed by atoms with Crippen LogP contribution in [0.5, 0.6) is 0 Å². The molecule has 0 aliphatic heterocycles. The van der Waals surface area contributed by atoms with Crippen LogP contribution in [-0.2, 0) is 11.3 Å². The number of halogens is 5. The van der Waals surface area contributed by atoms with Gasteiger partial charge in [-0.15, -0.1) is 0 Å². The van der Waals surface area contributed by atoms with Crippen molar-refractivity contribution in [2.24, 2.45) is 0 Å². The van der Waals surface area contributed by atoms with Crippen molar-refractivity contribution in [1.29, 1.82) is 0 Å². The van der Waals surface area contributed by atoms with Gasteiger partial charge in [0.2, 0.25) is 5.82 Å². The third-order valence-electron chi connectivity index (χ3n) is 2.80. The molecule has 12 heteroatoms. The Labute approximate surface area is 139 Å². The minimum Gasteiger partial charge on any atom is -0.308 e. The van der Waals surface area contributed by atoms with Crippen LogP contribution in [0, 0.1) is 29.1 Å². The topological polar surface area (TPSA) is 90.5 Å². The van der Waals surface area contributed by atoms with Crippen LogP contribution in [0.15, 0.2) is 24.3 Å². The first-order valence-electron chi connectivity index (χ1n) is 6.27. The summed E-state index contributed by atoms with van der Waals surface area (Å²) in [5.74, 6) is -11.1. The zero-order valence-electron chi connectivity index (χ0n) is 11.9. The smallest absolute Gasteiger partial charge is 0.308 e. The van der Waals surface area contributed by atoms with Crippen molar-refractivity contribution < 1.29 is 35.5 Å². The van der Waals surface area contributed by atoms with Gasteiger partial charge in [-0.1, -0.05) is 0 Å². The molecule has 25 heavy (non-hydrogen) atoms. The molecule has 1 unspecified atom stereocenters. The minimum atomic E-state index is -2.34. The van der Waals surface area contributed by atoms with Gasteiger partial charge in [0.05, 0.1) is 0 Å². The Morgan fingerprint density at radius 1 is 0.800 bits per heavy atom. The lowest BCUT2D eigenvalue weighted by Gasteiger charge is -2.11. The molecule has 6 nitrogen and oxygen atoms in total. The van der Waals surface area contributed by atoms with E-state index in [2.05, 4.69) is 10.0 Å². The maximum atomic E-state index is 13.5. The highest BCUT2D eigenvalue weighted by Gasteiger charge is 2.26.